The van der Waals surface area contributed by atoms with Gasteiger partial charge in [-0.05, 0) is 44.2 Å². The largest absolute Gasteiger partial charge is 0.465 e. The lowest BCUT2D eigenvalue weighted by Gasteiger charge is -2.12. The van der Waals surface area contributed by atoms with Gasteiger partial charge in [-0.15, -0.1) is 11.8 Å². The van der Waals surface area contributed by atoms with Crippen molar-refractivity contribution >= 4 is 41.1 Å². The zero-order chi connectivity index (χ0) is 20.6. The molecule has 0 saturated heterocycles. The number of esters is 1. The monoisotopic (exact) mass is 444 g/mol. The van der Waals surface area contributed by atoms with Crippen LogP contribution in [0.15, 0.2) is 70.6 Å². The summed E-state index contributed by atoms with van der Waals surface area (Å²) in [4.78, 5) is 22.5. The van der Waals surface area contributed by atoms with Crippen molar-refractivity contribution in [2.45, 2.75) is 34.8 Å². The molecule has 0 aliphatic rings. The molecular formula is C22H21ClN2O2S2. The molecule has 3 rings (SSSR count). The van der Waals surface area contributed by atoms with E-state index in [1.54, 1.807) is 18.7 Å². The third kappa shape index (κ3) is 6.49. The number of thioether (sulfide) groups is 2. The van der Waals surface area contributed by atoms with Gasteiger partial charge in [-0.2, -0.15) is 0 Å². The van der Waals surface area contributed by atoms with E-state index in [0.717, 1.165) is 26.2 Å². The van der Waals surface area contributed by atoms with Crippen LogP contribution in [0.2, 0.25) is 5.02 Å². The van der Waals surface area contributed by atoms with Crippen LogP contribution in [0.25, 0.3) is 11.4 Å². The molecule has 0 spiro atoms. The van der Waals surface area contributed by atoms with E-state index in [1.165, 1.54) is 11.8 Å². The Balaban J connectivity index is 1.84. The maximum Gasteiger partial charge on any atom is 0.319 e. The lowest BCUT2D eigenvalue weighted by molar-refractivity contribution is -0.142. The molecule has 0 N–H and O–H groups in total. The molecule has 0 aliphatic heterocycles. The summed E-state index contributed by atoms with van der Waals surface area (Å²) in [6.45, 7) is 4.00. The number of benzene rings is 2. The Kier molecular flexibility index (Phi) is 7.98. The van der Waals surface area contributed by atoms with Gasteiger partial charge in [0.15, 0.2) is 5.82 Å². The summed E-state index contributed by atoms with van der Waals surface area (Å²) in [5, 5.41) is 1.13. The predicted octanol–water partition coefficient (Wildman–Crippen LogP) is 6.13. The molecule has 4 nitrogen and oxygen atoms in total. The molecule has 0 unspecified atom stereocenters. The van der Waals surface area contributed by atoms with E-state index in [-0.39, 0.29) is 11.2 Å². The molecular weight excluding hydrogens is 424 g/mol. The minimum Gasteiger partial charge on any atom is -0.465 e. The molecule has 7 heteroatoms. The van der Waals surface area contributed by atoms with Gasteiger partial charge in [0.25, 0.3) is 0 Å². The Labute approximate surface area is 184 Å². The lowest BCUT2D eigenvalue weighted by Crippen LogP contribution is -2.17. The lowest BCUT2D eigenvalue weighted by atomic mass is 10.2. The molecule has 1 aromatic heterocycles. The van der Waals surface area contributed by atoms with E-state index in [2.05, 4.69) is 4.98 Å². The number of aromatic nitrogens is 2. The number of ether oxygens (including phenoxy) is 1. The van der Waals surface area contributed by atoms with Crippen LogP contribution in [0.1, 0.15) is 19.5 Å². The summed E-state index contributed by atoms with van der Waals surface area (Å²) < 4.78 is 5.12. The van der Waals surface area contributed by atoms with Crippen LogP contribution >= 0.6 is 35.1 Å². The zero-order valence-electron chi connectivity index (χ0n) is 16.2. The van der Waals surface area contributed by atoms with Crippen LogP contribution in [-0.4, -0.2) is 27.8 Å². The van der Waals surface area contributed by atoms with Crippen molar-refractivity contribution < 1.29 is 9.53 Å². The molecule has 3 aromatic rings. The smallest absolute Gasteiger partial charge is 0.319 e. The van der Waals surface area contributed by atoms with Gasteiger partial charge < -0.3 is 4.74 Å². The van der Waals surface area contributed by atoms with Gasteiger partial charge in [0, 0.05) is 21.2 Å². The van der Waals surface area contributed by atoms with Gasteiger partial charge in [-0.25, -0.2) is 9.97 Å². The first kappa shape index (κ1) is 21.7. The second kappa shape index (κ2) is 10.7. The fourth-order valence-corrected chi connectivity index (χ4v) is 4.29. The summed E-state index contributed by atoms with van der Waals surface area (Å²) in [6.07, 6.45) is 0. The second-order valence-corrected chi connectivity index (χ2v) is 8.99. The van der Waals surface area contributed by atoms with Crippen molar-refractivity contribution in [3.05, 3.63) is 71.4 Å². The van der Waals surface area contributed by atoms with E-state index in [1.807, 2.05) is 67.6 Å². The number of carbonyl (C=O) groups is 1. The first-order valence-electron chi connectivity index (χ1n) is 9.20. The Morgan fingerprint density at radius 2 is 1.83 bits per heavy atom. The average molecular weight is 445 g/mol. The minimum absolute atomic E-state index is 0.241. The molecule has 0 amide bonds. The fraction of sp³-hybridized carbons (Fsp3) is 0.227. The Bertz CT molecular complexity index is 953. The maximum atomic E-state index is 12.0. The topological polar surface area (TPSA) is 52.1 Å². The van der Waals surface area contributed by atoms with Crippen molar-refractivity contribution in [3.8, 4) is 11.4 Å². The average Bonchev–Trinajstić information content (AvgIpc) is 2.74. The van der Waals surface area contributed by atoms with Gasteiger partial charge in [0.2, 0.25) is 0 Å². The predicted molar refractivity (Wildman–Crippen MR) is 120 cm³/mol. The third-order valence-electron chi connectivity index (χ3n) is 3.90. The van der Waals surface area contributed by atoms with Crippen LogP contribution in [-0.2, 0) is 15.3 Å². The number of carbonyl (C=O) groups excluding carboxylic acids is 1. The van der Waals surface area contributed by atoms with Crippen molar-refractivity contribution in [1.82, 2.24) is 9.97 Å². The van der Waals surface area contributed by atoms with Crippen LogP contribution in [0.3, 0.4) is 0 Å². The van der Waals surface area contributed by atoms with Crippen LogP contribution in [0.4, 0.5) is 0 Å². The molecule has 0 bridgehead atoms. The second-order valence-electron chi connectivity index (χ2n) is 6.14. The maximum absolute atomic E-state index is 12.0. The Hall–Kier alpha value is -2.02. The van der Waals surface area contributed by atoms with Crippen molar-refractivity contribution in [2.75, 3.05) is 6.61 Å². The highest BCUT2D eigenvalue weighted by atomic mass is 35.5. The number of hydrogen-bond acceptors (Lipinski definition) is 6. The van der Waals surface area contributed by atoms with Crippen molar-refractivity contribution in [3.63, 3.8) is 0 Å². The third-order valence-corrected chi connectivity index (χ3v) is 6.20. The van der Waals surface area contributed by atoms with E-state index in [0.29, 0.717) is 18.2 Å². The van der Waals surface area contributed by atoms with Gasteiger partial charge >= 0.3 is 5.97 Å². The highest BCUT2D eigenvalue weighted by molar-refractivity contribution is 8.00. The molecule has 0 saturated carbocycles. The van der Waals surface area contributed by atoms with Gasteiger partial charge in [0.1, 0.15) is 10.3 Å². The highest BCUT2D eigenvalue weighted by Gasteiger charge is 2.18. The Morgan fingerprint density at radius 1 is 1.10 bits per heavy atom. The summed E-state index contributed by atoms with van der Waals surface area (Å²) in [7, 11) is 0. The molecule has 150 valence electrons. The Morgan fingerprint density at radius 3 is 2.52 bits per heavy atom. The zero-order valence-corrected chi connectivity index (χ0v) is 18.6. The van der Waals surface area contributed by atoms with Crippen molar-refractivity contribution in [1.29, 1.82) is 0 Å². The highest BCUT2D eigenvalue weighted by Crippen LogP contribution is 2.29. The summed E-state index contributed by atoms with van der Waals surface area (Å²) >= 11 is 9.03. The molecule has 1 atom stereocenters. The quantitative estimate of drug-likeness (QED) is 0.236. The van der Waals surface area contributed by atoms with Gasteiger partial charge in [-0.3, -0.25) is 4.79 Å². The van der Waals surface area contributed by atoms with E-state index in [4.69, 9.17) is 21.3 Å². The number of hydrogen-bond donors (Lipinski definition) is 0. The van der Waals surface area contributed by atoms with Gasteiger partial charge in [-0.1, -0.05) is 53.7 Å². The van der Waals surface area contributed by atoms with Crippen molar-refractivity contribution in [2.24, 2.45) is 0 Å². The molecule has 0 aliphatic carbocycles. The van der Waals surface area contributed by atoms with E-state index in [9.17, 15) is 4.79 Å². The first-order valence-corrected chi connectivity index (χ1v) is 11.4. The summed E-state index contributed by atoms with van der Waals surface area (Å²) in [6, 6.07) is 19.5. The first-order chi connectivity index (χ1) is 14.0. The minimum atomic E-state index is -0.342. The SMILES string of the molecule is CCOC(=O)[C@@H](C)Sc1cc(CSc2ccc(Cl)cc2)nc(-c2ccccc2)n1. The van der Waals surface area contributed by atoms with Crippen LogP contribution in [0, 0.1) is 0 Å². The van der Waals surface area contributed by atoms with Crippen LogP contribution < -0.4 is 0 Å². The normalized spacial score (nSPS) is 11.8. The molecule has 0 radical (unpaired) electrons. The fourth-order valence-electron chi connectivity index (χ4n) is 2.50. The molecule has 2 aromatic carbocycles. The van der Waals surface area contributed by atoms with Gasteiger partial charge in [0.05, 0.1) is 12.3 Å². The molecule has 0 fully saturated rings. The number of nitrogens with zero attached hydrogens (tertiary/aromatic N) is 2. The summed E-state index contributed by atoms with van der Waals surface area (Å²) in [5.74, 6) is 1.10. The standard InChI is InChI=1S/C22H21ClN2O2S2/c1-3-27-22(26)15(2)29-20-13-18(14-28-19-11-9-17(23)10-12-19)24-21(25-20)16-7-5-4-6-8-16/h4-13,15H,3,14H2,1-2H3/t15-/m1/s1. The van der Waals surface area contributed by atoms with E-state index < -0.39 is 0 Å². The number of rotatable bonds is 8. The molecule has 1 heterocycles. The van der Waals surface area contributed by atoms with Crippen LogP contribution in [0.5, 0.6) is 0 Å². The number of halogens is 1. The van der Waals surface area contributed by atoms with E-state index >= 15 is 0 Å². The summed E-state index contributed by atoms with van der Waals surface area (Å²) in [5.41, 5.74) is 1.84. The molecule has 29 heavy (non-hydrogen) atoms.